The first-order chi connectivity index (χ1) is 6.93. The van der Waals surface area contributed by atoms with Crippen LogP contribution in [0.4, 0.5) is 0 Å². The van der Waals surface area contributed by atoms with Crippen molar-refractivity contribution in [3.8, 4) is 0 Å². The van der Waals surface area contributed by atoms with Gasteiger partial charge in [0.25, 0.3) is 0 Å². The lowest BCUT2D eigenvalue weighted by molar-refractivity contribution is 0.585. The molecule has 0 aliphatic rings. The monoisotopic (exact) mass is 223 g/mol. The van der Waals surface area contributed by atoms with Crippen molar-refractivity contribution in [3.63, 3.8) is 0 Å². The predicted molar refractivity (Wildman–Crippen MR) is 69.3 cm³/mol. The van der Waals surface area contributed by atoms with E-state index in [-0.39, 0.29) is 5.41 Å². The zero-order valence-electron chi connectivity index (χ0n) is 10.4. The number of thiazole rings is 1. The van der Waals surface area contributed by atoms with Crippen LogP contribution in [0.15, 0.2) is 12.3 Å². The normalized spacial score (nSPS) is 14.7. The third kappa shape index (κ3) is 3.78. The van der Waals surface area contributed by atoms with E-state index >= 15 is 0 Å². The summed E-state index contributed by atoms with van der Waals surface area (Å²) < 4.78 is 0. The second-order valence-electron chi connectivity index (χ2n) is 5.06. The molecule has 0 saturated carbocycles. The van der Waals surface area contributed by atoms with Gasteiger partial charge in [-0.2, -0.15) is 0 Å². The van der Waals surface area contributed by atoms with Crippen LogP contribution in [0.1, 0.15) is 50.9 Å². The van der Waals surface area contributed by atoms with Gasteiger partial charge >= 0.3 is 0 Å². The molecular formula is C13H21NS. The van der Waals surface area contributed by atoms with Crippen molar-refractivity contribution in [3.05, 3.63) is 22.2 Å². The predicted octanol–water partition coefficient (Wildman–Crippen LogP) is 4.50. The van der Waals surface area contributed by atoms with E-state index in [1.165, 1.54) is 16.3 Å². The van der Waals surface area contributed by atoms with Gasteiger partial charge < -0.3 is 0 Å². The number of allylic oxidation sites excluding steroid dienone is 1. The maximum Gasteiger partial charge on any atom is 0.0984 e. The Labute approximate surface area is 97.3 Å². The molecule has 0 N–H and O–H groups in total. The summed E-state index contributed by atoms with van der Waals surface area (Å²) in [5.74, 6) is 0.658. The van der Waals surface area contributed by atoms with E-state index in [1.54, 1.807) is 11.3 Å². The molecule has 0 bridgehead atoms. The fourth-order valence-electron chi connectivity index (χ4n) is 1.11. The van der Waals surface area contributed by atoms with Gasteiger partial charge in [0.05, 0.1) is 5.01 Å². The Morgan fingerprint density at radius 2 is 2.13 bits per heavy atom. The fourth-order valence-corrected chi connectivity index (χ4v) is 1.99. The molecule has 84 valence electrons. The van der Waals surface area contributed by atoms with Crippen molar-refractivity contribution in [2.24, 2.45) is 5.92 Å². The molecule has 1 rings (SSSR count). The summed E-state index contributed by atoms with van der Waals surface area (Å²) in [7, 11) is 0. The van der Waals surface area contributed by atoms with Gasteiger partial charge in [-0.05, 0) is 12.0 Å². The van der Waals surface area contributed by atoms with Crippen LogP contribution in [0.2, 0.25) is 0 Å². The zero-order valence-corrected chi connectivity index (χ0v) is 11.2. The third-order valence-corrected chi connectivity index (χ3v) is 3.79. The summed E-state index contributed by atoms with van der Waals surface area (Å²) in [5, 5.41) is 1.21. The number of aromatic nitrogens is 1. The Balaban J connectivity index is 2.73. The first kappa shape index (κ1) is 12.4. The van der Waals surface area contributed by atoms with Gasteiger partial charge in [0, 0.05) is 16.5 Å². The molecule has 15 heavy (non-hydrogen) atoms. The van der Waals surface area contributed by atoms with Crippen molar-refractivity contribution in [1.82, 2.24) is 4.98 Å². The van der Waals surface area contributed by atoms with E-state index < -0.39 is 0 Å². The van der Waals surface area contributed by atoms with E-state index in [9.17, 15) is 0 Å². The average molecular weight is 223 g/mol. The average Bonchev–Trinajstić information content (AvgIpc) is 2.61. The highest BCUT2D eigenvalue weighted by Gasteiger charge is 2.17. The van der Waals surface area contributed by atoms with Crippen molar-refractivity contribution >= 4 is 17.4 Å². The minimum atomic E-state index is 0.174. The second kappa shape index (κ2) is 4.93. The highest BCUT2D eigenvalue weighted by atomic mass is 32.1. The topological polar surface area (TPSA) is 12.9 Å². The van der Waals surface area contributed by atoms with Crippen molar-refractivity contribution < 1.29 is 0 Å². The Morgan fingerprint density at radius 1 is 1.47 bits per heavy atom. The van der Waals surface area contributed by atoms with Crippen LogP contribution in [0.25, 0.3) is 6.08 Å². The largest absolute Gasteiger partial charge is 0.248 e. The van der Waals surface area contributed by atoms with Crippen LogP contribution >= 0.6 is 11.3 Å². The molecule has 1 heterocycles. The molecule has 0 amide bonds. The van der Waals surface area contributed by atoms with Crippen molar-refractivity contribution in [1.29, 1.82) is 0 Å². The van der Waals surface area contributed by atoms with E-state index in [0.29, 0.717) is 5.92 Å². The molecule has 0 spiro atoms. The zero-order chi connectivity index (χ0) is 11.5. The van der Waals surface area contributed by atoms with Gasteiger partial charge in [-0.3, -0.25) is 0 Å². The minimum Gasteiger partial charge on any atom is -0.248 e. The SMILES string of the molecule is CCC(C)/C=C/c1cnc(C(C)(C)C)s1. The third-order valence-electron chi connectivity index (χ3n) is 2.40. The highest BCUT2D eigenvalue weighted by Crippen LogP contribution is 2.27. The summed E-state index contributed by atoms with van der Waals surface area (Å²) in [6, 6.07) is 0. The number of hydrogen-bond acceptors (Lipinski definition) is 2. The van der Waals surface area contributed by atoms with Gasteiger partial charge in [0.15, 0.2) is 0 Å². The summed E-state index contributed by atoms with van der Waals surface area (Å²) in [6.07, 6.45) is 7.63. The van der Waals surface area contributed by atoms with Crippen LogP contribution in [-0.4, -0.2) is 4.98 Å². The van der Waals surface area contributed by atoms with Crippen LogP contribution in [-0.2, 0) is 5.41 Å². The van der Waals surface area contributed by atoms with E-state index in [0.717, 1.165) is 0 Å². The molecule has 2 heteroatoms. The number of hydrogen-bond donors (Lipinski definition) is 0. The lowest BCUT2D eigenvalue weighted by Gasteiger charge is -2.13. The Morgan fingerprint density at radius 3 is 2.60 bits per heavy atom. The molecule has 1 unspecified atom stereocenters. The maximum absolute atomic E-state index is 4.46. The first-order valence-electron chi connectivity index (χ1n) is 5.58. The lowest BCUT2D eigenvalue weighted by atomic mass is 9.98. The van der Waals surface area contributed by atoms with Gasteiger partial charge in [-0.15, -0.1) is 11.3 Å². The molecule has 1 atom stereocenters. The van der Waals surface area contributed by atoms with Gasteiger partial charge in [0.1, 0.15) is 0 Å². The van der Waals surface area contributed by atoms with Crippen molar-refractivity contribution in [2.75, 3.05) is 0 Å². The summed E-state index contributed by atoms with van der Waals surface area (Å²) in [4.78, 5) is 5.72. The Kier molecular flexibility index (Phi) is 4.09. The van der Waals surface area contributed by atoms with Gasteiger partial charge in [-0.1, -0.05) is 47.1 Å². The molecule has 1 aromatic heterocycles. The van der Waals surface area contributed by atoms with Crippen LogP contribution in [0, 0.1) is 5.92 Å². The summed E-state index contributed by atoms with van der Waals surface area (Å²) in [6.45, 7) is 11.1. The van der Waals surface area contributed by atoms with E-state index in [1.807, 2.05) is 6.20 Å². The quantitative estimate of drug-likeness (QED) is 0.735. The fraction of sp³-hybridized carbons (Fsp3) is 0.615. The summed E-state index contributed by atoms with van der Waals surface area (Å²) >= 11 is 1.79. The molecule has 0 aromatic carbocycles. The van der Waals surface area contributed by atoms with Crippen molar-refractivity contribution in [2.45, 2.75) is 46.5 Å². The minimum absolute atomic E-state index is 0.174. The highest BCUT2D eigenvalue weighted by molar-refractivity contribution is 7.12. The van der Waals surface area contributed by atoms with Crippen LogP contribution in [0.3, 0.4) is 0 Å². The smallest absolute Gasteiger partial charge is 0.0984 e. The number of rotatable bonds is 3. The van der Waals surface area contributed by atoms with Crippen LogP contribution in [0.5, 0.6) is 0 Å². The van der Waals surface area contributed by atoms with Gasteiger partial charge in [0.2, 0.25) is 0 Å². The van der Waals surface area contributed by atoms with E-state index in [2.05, 4.69) is 51.8 Å². The Hall–Kier alpha value is -0.630. The summed E-state index contributed by atoms with van der Waals surface area (Å²) in [5.41, 5.74) is 0.174. The van der Waals surface area contributed by atoms with Gasteiger partial charge in [-0.25, -0.2) is 4.98 Å². The molecule has 0 radical (unpaired) electrons. The molecule has 0 aliphatic carbocycles. The number of nitrogens with zero attached hydrogens (tertiary/aromatic N) is 1. The maximum atomic E-state index is 4.46. The van der Waals surface area contributed by atoms with E-state index in [4.69, 9.17) is 0 Å². The molecular weight excluding hydrogens is 202 g/mol. The lowest BCUT2D eigenvalue weighted by Crippen LogP contribution is -2.09. The Bertz CT molecular complexity index is 331. The molecule has 1 aromatic rings. The molecule has 0 fully saturated rings. The standard InChI is InChI=1S/C13H21NS/c1-6-10(2)7-8-11-9-14-12(15-11)13(3,4)5/h7-10H,6H2,1-5H3/b8-7+. The molecule has 1 nitrogen and oxygen atoms in total. The molecule has 0 saturated heterocycles. The van der Waals surface area contributed by atoms with Crippen LogP contribution < -0.4 is 0 Å². The second-order valence-corrected chi connectivity index (χ2v) is 6.12. The first-order valence-corrected chi connectivity index (χ1v) is 6.39. The molecule has 0 aliphatic heterocycles.